The van der Waals surface area contributed by atoms with Crippen molar-refractivity contribution in [2.75, 3.05) is 70.9 Å². The first-order valence-electron chi connectivity index (χ1n) is 16.8. The number of likely N-dealkylation sites (tertiary alicyclic amines) is 1. The van der Waals surface area contributed by atoms with Gasteiger partial charge in [0.2, 0.25) is 5.43 Å². The second-order valence-corrected chi connectivity index (χ2v) is 12.9. The van der Waals surface area contributed by atoms with Crippen LogP contribution >= 0.6 is 0 Å². The van der Waals surface area contributed by atoms with E-state index in [1.807, 2.05) is 18.2 Å². The molecule has 2 fully saturated rings. The number of amides is 1. The number of pyridine rings is 1. The van der Waals surface area contributed by atoms with Crippen molar-refractivity contribution in [3.05, 3.63) is 73.4 Å². The van der Waals surface area contributed by atoms with Gasteiger partial charge in [-0.25, -0.2) is 4.39 Å². The van der Waals surface area contributed by atoms with E-state index in [4.69, 9.17) is 9.15 Å². The quantitative estimate of drug-likeness (QED) is 0.140. The third-order valence-electron chi connectivity index (χ3n) is 9.96. The molecule has 8 rings (SSSR count). The van der Waals surface area contributed by atoms with Crippen LogP contribution in [-0.2, 0) is 11.2 Å². The van der Waals surface area contributed by atoms with Crippen LogP contribution in [0.5, 0.6) is 0 Å². The number of morpholine rings is 1. The third kappa shape index (κ3) is 5.36. The summed E-state index contributed by atoms with van der Waals surface area (Å²) in [6, 6.07) is 4.84. The van der Waals surface area contributed by atoms with E-state index in [9.17, 15) is 14.4 Å². The summed E-state index contributed by atoms with van der Waals surface area (Å²) in [5.74, 6) is -1.15. The summed E-state index contributed by atoms with van der Waals surface area (Å²) >= 11 is 0. The fourth-order valence-corrected chi connectivity index (χ4v) is 7.50. The van der Waals surface area contributed by atoms with Gasteiger partial charge in [-0.3, -0.25) is 19.3 Å². The summed E-state index contributed by atoms with van der Waals surface area (Å²) < 4.78 is 29.5. The fraction of sp³-hybridized carbons (Fsp3) is 0.417. The zero-order valence-corrected chi connectivity index (χ0v) is 26.3. The molecule has 5 aromatic rings. The summed E-state index contributed by atoms with van der Waals surface area (Å²) in [7, 11) is 0. The van der Waals surface area contributed by atoms with Crippen LogP contribution in [0.2, 0.25) is 0 Å². The van der Waals surface area contributed by atoms with Crippen molar-refractivity contribution < 1.29 is 18.3 Å². The third-order valence-corrected chi connectivity index (χ3v) is 9.96. The molecule has 2 aliphatic heterocycles. The topological polar surface area (TPSA) is 109 Å². The van der Waals surface area contributed by atoms with Gasteiger partial charge in [-0.05, 0) is 80.9 Å². The summed E-state index contributed by atoms with van der Waals surface area (Å²) in [5.41, 5.74) is 2.65. The monoisotopic (exact) mass is 639 g/mol. The molecule has 3 aliphatic rings. The van der Waals surface area contributed by atoms with Crippen LogP contribution in [0.3, 0.4) is 0 Å². The van der Waals surface area contributed by atoms with Crippen molar-refractivity contribution >= 4 is 56.0 Å². The summed E-state index contributed by atoms with van der Waals surface area (Å²) in [6.45, 7) is 7.61. The van der Waals surface area contributed by atoms with Gasteiger partial charge < -0.3 is 29.1 Å². The van der Waals surface area contributed by atoms with E-state index in [1.54, 1.807) is 10.5 Å². The minimum atomic E-state index is -0.636. The number of nitrogens with one attached hydrogen (secondary N) is 2. The van der Waals surface area contributed by atoms with Crippen molar-refractivity contribution in [3.63, 3.8) is 0 Å². The lowest BCUT2D eigenvalue weighted by Crippen LogP contribution is -2.38. The molecule has 0 saturated carbocycles. The smallest absolute Gasteiger partial charge is 0.256 e. The van der Waals surface area contributed by atoms with E-state index in [1.165, 1.54) is 12.3 Å². The van der Waals surface area contributed by atoms with Crippen LogP contribution in [0.4, 0.5) is 10.1 Å². The molecule has 244 valence electrons. The van der Waals surface area contributed by atoms with Gasteiger partial charge >= 0.3 is 0 Å². The minimum Gasteiger partial charge on any atom is -0.451 e. The zero-order valence-electron chi connectivity index (χ0n) is 26.3. The zero-order chi connectivity index (χ0) is 32.1. The Morgan fingerprint density at radius 1 is 0.915 bits per heavy atom. The predicted molar refractivity (Wildman–Crippen MR) is 182 cm³/mol. The van der Waals surface area contributed by atoms with E-state index in [0.29, 0.717) is 53.9 Å². The second-order valence-electron chi connectivity index (χ2n) is 12.9. The van der Waals surface area contributed by atoms with Crippen LogP contribution in [0.25, 0.3) is 44.4 Å². The number of hydrogen-bond donors (Lipinski definition) is 2. The minimum absolute atomic E-state index is 0.0614. The molecule has 3 aromatic carbocycles. The highest BCUT2D eigenvalue weighted by atomic mass is 19.1. The van der Waals surface area contributed by atoms with Crippen molar-refractivity contribution in [1.82, 2.24) is 19.5 Å². The van der Waals surface area contributed by atoms with Gasteiger partial charge in [0.1, 0.15) is 16.8 Å². The molecule has 1 aliphatic carbocycles. The molecular formula is C36H38FN5O5. The van der Waals surface area contributed by atoms with Crippen LogP contribution in [0.15, 0.2) is 44.5 Å². The first-order chi connectivity index (χ1) is 23.0. The Morgan fingerprint density at radius 2 is 1.72 bits per heavy atom. The number of rotatable bonds is 9. The summed E-state index contributed by atoms with van der Waals surface area (Å²) in [6.07, 6.45) is 10.0. The normalized spacial score (nSPS) is 17.4. The molecule has 0 unspecified atom stereocenters. The number of fused-ring (bicyclic) bond motifs is 5. The Kier molecular flexibility index (Phi) is 7.90. The predicted octanol–water partition coefficient (Wildman–Crippen LogP) is 4.21. The first kappa shape index (κ1) is 30.0. The number of carbonyl (C=O) groups excluding carboxylic acids is 1. The number of benzene rings is 2. The molecule has 0 spiro atoms. The Morgan fingerprint density at radius 3 is 2.55 bits per heavy atom. The lowest BCUT2D eigenvalue weighted by atomic mass is 10.00. The SMILES string of the molecule is O=C(NCCCN1CCOCC1)c1cn2c3cc4c5c(c(=O)c4cc3oc3c(NCCN4CCCC4)c(F)cc(c1=O)c32)C=CCC5. The lowest BCUT2D eigenvalue weighted by molar-refractivity contribution is 0.0374. The standard InChI is InChI=1S/C36H38FN5O5/c37-28-18-26-32-35(31(28)38-9-13-40-10-3-4-11-40)47-30-20-25-24(22-6-1-2-7-23(22)33(25)43)19-29(30)42(32)21-27(34(26)44)36(45)39-8-5-12-41-14-16-46-17-15-41/h2,7,18-21,38H,1,3-6,8-17H2,(H,39,45). The molecule has 0 bridgehead atoms. The number of allylic oxidation sites excluding steroid dienone is 1. The maximum atomic E-state index is 15.9. The highest BCUT2D eigenvalue weighted by molar-refractivity contribution is 6.08. The van der Waals surface area contributed by atoms with Crippen LogP contribution in [0.1, 0.15) is 47.2 Å². The first-order valence-corrected chi connectivity index (χ1v) is 16.8. The molecule has 47 heavy (non-hydrogen) atoms. The molecule has 2 aromatic heterocycles. The largest absolute Gasteiger partial charge is 0.451 e. The van der Waals surface area contributed by atoms with E-state index < -0.39 is 17.2 Å². The molecule has 10 nitrogen and oxygen atoms in total. The number of halogens is 1. The summed E-state index contributed by atoms with van der Waals surface area (Å²) in [4.78, 5) is 45.4. The number of hydrogen-bond acceptors (Lipinski definition) is 8. The molecule has 0 atom stereocenters. The number of aromatic nitrogens is 1. The Hall–Kier alpha value is -4.32. The van der Waals surface area contributed by atoms with Gasteiger partial charge in [-0.1, -0.05) is 12.2 Å². The highest BCUT2D eigenvalue weighted by Crippen LogP contribution is 2.36. The summed E-state index contributed by atoms with van der Waals surface area (Å²) in [5, 5.41) is 7.56. The number of anilines is 1. The van der Waals surface area contributed by atoms with Gasteiger partial charge in [-0.2, -0.15) is 0 Å². The average Bonchev–Trinajstić information content (AvgIpc) is 3.71. The molecule has 0 radical (unpaired) electrons. The molecule has 2 N–H and O–H groups in total. The Labute approximate surface area is 270 Å². The van der Waals surface area contributed by atoms with Crippen LogP contribution in [0, 0.1) is 5.82 Å². The number of ether oxygens (including phenoxy) is 1. The van der Waals surface area contributed by atoms with Crippen molar-refractivity contribution in [3.8, 4) is 0 Å². The van der Waals surface area contributed by atoms with Gasteiger partial charge in [-0.15, -0.1) is 0 Å². The molecule has 1 amide bonds. The fourth-order valence-electron chi connectivity index (χ4n) is 7.50. The molecule has 11 heteroatoms. The second kappa shape index (κ2) is 12.4. The van der Waals surface area contributed by atoms with Crippen LogP contribution < -0.4 is 21.5 Å². The van der Waals surface area contributed by atoms with Crippen molar-refractivity contribution in [1.29, 1.82) is 0 Å². The molecular weight excluding hydrogens is 601 g/mol. The maximum absolute atomic E-state index is 15.9. The molecule has 2 saturated heterocycles. The average molecular weight is 640 g/mol. The molecule has 4 heterocycles. The Balaban J connectivity index is 1.24. The van der Waals surface area contributed by atoms with Gasteiger partial charge in [0.25, 0.3) is 5.91 Å². The van der Waals surface area contributed by atoms with Crippen molar-refractivity contribution in [2.45, 2.75) is 32.1 Å². The van der Waals surface area contributed by atoms with E-state index in [2.05, 4.69) is 20.4 Å². The number of nitrogens with zero attached hydrogens (tertiary/aromatic N) is 3. The van der Waals surface area contributed by atoms with Crippen molar-refractivity contribution in [2.24, 2.45) is 0 Å². The lowest BCUT2D eigenvalue weighted by Gasteiger charge is -2.26. The van der Waals surface area contributed by atoms with E-state index in [0.717, 1.165) is 82.3 Å². The van der Waals surface area contributed by atoms with E-state index in [-0.39, 0.29) is 27.6 Å². The number of carbonyl (C=O) groups is 1. The van der Waals surface area contributed by atoms with Gasteiger partial charge in [0.05, 0.1) is 24.1 Å². The highest BCUT2D eigenvalue weighted by Gasteiger charge is 2.25. The van der Waals surface area contributed by atoms with E-state index >= 15 is 4.39 Å². The maximum Gasteiger partial charge on any atom is 0.256 e. The van der Waals surface area contributed by atoms with Gasteiger partial charge in [0.15, 0.2) is 22.4 Å². The van der Waals surface area contributed by atoms with Crippen LogP contribution in [-0.4, -0.2) is 85.7 Å². The van der Waals surface area contributed by atoms with Gasteiger partial charge in [0, 0.05) is 49.9 Å². The Bertz CT molecular complexity index is 2160. The number of aryl methyl sites for hydroxylation is 1.